The highest BCUT2D eigenvalue weighted by atomic mass is 16.5. The van der Waals surface area contributed by atoms with Gasteiger partial charge in [0.1, 0.15) is 5.54 Å². The molecule has 1 N–H and O–H groups in total. The Hall–Kier alpha value is -1.26. The lowest BCUT2D eigenvalue weighted by molar-refractivity contribution is -0.148. The quantitative estimate of drug-likeness (QED) is 0.214. The first-order chi connectivity index (χ1) is 8.60. The number of methoxy groups -OCH3 is 1. The topological polar surface area (TPSA) is 87.1 Å². The van der Waals surface area contributed by atoms with E-state index in [1.54, 1.807) is 0 Å². The van der Waals surface area contributed by atoms with Crippen LogP contribution in [0.4, 0.5) is 0 Å². The molecule has 104 valence electrons. The molecule has 6 nitrogen and oxygen atoms in total. The second kappa shape index (κ2) is 9.74. The van der Waals surface area contributed by atoms with E-state index in [0.717, 1.165) is 25.7 Å². The minimum absolute atomic E-state index is 0.234. The van der Waals surface area contributed by atoms with Crippen LogP contribution < -0.4 is 5.32 Å². The van der Waals surface area contributed by atoms with Crippen LogP contribution in [0.3, 0.4) is 0 Å². The largest absolute Gasteiger partial charge is 0.468 e. The molecule has 0 amide bonds. The van der Waals surface area contributed by atoms with Crippen LogP contribution in [0.5, 0.6) is 0 Å². The molecule has 0 heterocycles. The van der Waals surface area contributed by atoms with Gasteiger partial charge in [-0.2, -0.15) is 0 Å². The predicted molar refractivity (Wildman–Crippen MR) is 71.2 cm³/mol. The van der Waals surface area contributed by atoms with E-state index < -0.39 is 5.54 Å². The van der Waals surface area contributed by atoms with Gasteiger partial charge in [0.2, 0.25) is 0 Å². The van der Waals surface area contributed by atoms with Gasteiger partial charge in [0.15, 0.2) is 0 Å². The van der Waals surface area contributed by atoms with E-state index >= 15 is 0 Å². The van der Waals surface area contributed by atoms with Crippen molar-refractivity contribution in [1.82, 2.24) is 5.32 Å². The molecule has 0 bridgehead atoms. The van der Waals surface area contributed by atoms with Crippen molar-refractivity contribution in [2.24, 2.45) is 5.11 Å². The Morgan fingerprint density at radius 1 is 1.44 bits per heavy atom. The average molecular weight is 256 g/mol. The van der Waals surface area contributed by atoms with Gasteiger partial charge in [-0.15, -0.1) is 0 Å². The molecule has 0 aliphatic rings. The molecule has 0 radical (unpaired) electrons. The van der Waals surface area contributed by atoms with Crippen LogP contribution in [-0.2, 0) is 9.53 Å². The van der Waals surface area contributed by atoms with Crippen LogP contribution in [0.25, 0.3) is 10.4 Å². The first kappa shape index (κ1) is 16.7. The number of carbonyl (C=O) groups is 1. The molecule has 0 aromatic carbocycles. The summed E-state index contributed by atoms with van der Waals surface area (Å²) in [7, 11) is 1.40. The molecule has 0 saturated carbocycles. The summed E-state index contributed by atoms with van der Waals surface area (Å²) in [4.78, 5) is 14.5. The summed E-state index contributed by atoms with van der Waals surface area (Å²) in [6, 6.07) is 0. The first-order valence-electron chi connectivity index (χ1n) is 6.45. The number of rotatable bonds is 10. The molecule has 0 aliphatic heterocycles. The lowest BCUT2D eigenvalue weighted by Gasteiger charge is -2.28. The Labute approximate surface area is 109 Å². The van der Waals surface area contributed by atoms with E-state index in [9.17, 15) is 4.79 Å². The van der Waals surface area contributed by atoms with Gasteiger partial charge in [0.05, 0.1) is 7.11 Å². The minimum Gasteiger partial charge on any atom is -0.468 e. The number of hydrogen-bond donors (Lipinski definition) is 1. The summed E-state index contributed by atoms with van der Waals surface area (Å²) in [5, 5.41) is 6.66. The highest BCUT2D eigenvalue weighted by molar-refractivity contribution is 5.80. The van der Waals surface area contributed by atoms with Crippen LogP contribution >= 0.6 is 0 Å². The van der Waals surface area contributed by atoms with Gasteiger partial charge in [0, 0.05) is 11.5 Å². The summed E-state index contributed by atoms with van der Waals surface area (Å²) in [6.45, 7) is 5.07. The smallest absolute Gasteiger partial charge is 0.325 e. The van der Waals surface area contributed by atoms with E-state index in [-0.39, 0.29) is 5.97 Å². The molecule has 0 spiro atoms. The summed E-state index contributed by atoms with van der Waals surface area (Å²) in [5.41, 5.74) is 7.52. The first-order valence-corrected chi connectivity index (χ1v) is 6.45. The average Bonchev–Trinajstić information content (AvgIpc) is 2.38. The number of unbranched alkanes of at least 4 members (excludes halogenated alkanes) is 2. The standard InChI is InChI=1S/C12H24N4O2/c1-4-5-6-8-12(2,11(17)18-3)14-9-7-10-15-16-13/h14H,4-10H2,1-3H3. The Morgan fingerprint density at radius 3 is 2.72 bits per heavy atom. The van der Waals surface area contributed by atoms with Gasteiger partial charge in [-0.3, -0.25) is 4.79 Å². The summed E-state index contributed by atoms with van der Waals surface area (Å²) < 4.78 is 4.84. The van der Waals surface area contributed by atoms with Crippen molar-refractivity contribution in [3.63, 3.8) is 0 Å². The summed E-state index contributed by atoms with van der Waals surface area (Å²) >= 11 is 0. The molecule has 0 rings (SSSR count). The fourth-order valence-electron chi connectivity index (χ4n) is 1.78. The van der Waals surface area contributed by atoms with E-state index in [1.165, 1.54) is 7.11 Å². The van der Waals surface area contributed by atoms with Crippen LogP contribution in [-0.4, -0.2) is 31.7 Å². The van der Waals surface area contributed by atoms with Gasteiger partial charge in [-0.25, -0.2) is 0 Å². The predicted octanol–water partition coefficient (Wildman–Crippen LogP) is 2.79. The minimum atomic E-state index is -0.639. The molecular weight excluding hydrogens is 232 g/mol. The maximum Gasteiger partial charge on any atom is 0.325 e. The number of esters is 1. The molecule has 0 fully saturated rings. The molecule has 0 saturated heterocycles. The zero-order valence-electron chi connectivity index (χ0n) is 11.6. The summed E-state index contributed by atoms with van der Waals surface area (Å²) in [6.07, 6.45) is 4.69. The Kier molecular flexibility index (Phi) is 9.06. The molecule has 18 heavy (non-hydrogen) atoms. The third-order valence-corrected chi connectivity index (χ3v) is 2.93. The number of azide groups is 1. The van der Waals surface area contributed by atoms with Gasteiger partial charge in [0.25, 0.3) is 0 Å². The number of ether oxygens (including phenoxy) is 1. The zero-order valence-corrected chi connectivity index (χ0v) is 11.6. The second-order valence-electron chi connectivity index (χ2n) is 4.52. The molecule has 0 aliphatic carbocycles. The van der Waals surface area contributed by atoms with Gasteiger partial charge in [-0.05, 0) is 31.8 Å². The maximum atomic E-state index is 11.8. The molecular formula is C12H24N4O2. The van der Waals surface area contributed by atoms with E-state index in [1.807, 2.05) is 6.92 Å². The maximum absolute atomic E-state index is 11.8. The normalized spacial score (nSPS) is 13.5. The van der Waals surface area contributed by atoms with Crippen LogP contribution in [0.2, 0.25) is 0 Å². The van der Waals surface area contributed by atoms with E-state index in [2.05, 4.69) is 22.3 Å². The van der Waals surface area contributed by atoms with Crippen molar-refractivity contribution in [2.75, 3.05) is 20.2 Å². The second-order valence-corrected chi connectivity index (χ2v) is 4.52. The lowest BCUT2D eigenvalue weighted by atomic mass is 9.94. The monoisotopic (exact) mass is 256 g/mol. The van der Waals surface area contributed by atoms with Crippen molar-refractivity contribution in [3.05, 3.63) is 10.4 Å². The van der Waals surface area contributed by atoms with Gasteiger partial charge < -0.3 is 10.1 Å². The van der Waals surface area contributed by atoms with E-state index in [4.69, 9.17) is 10.3 Å². The highest BCUT2D eigenvalue weighted by Crippen LogP contribution is 2.16. The molecule has 6 heteroatoms. The fourth-order valence-corrected chi connectivity index (χ4v) is 1.78. The fraction of sp³-hybridized carbons (Fsp3) is 0.917. The van der Waals surface area contributed by atoms with Crippen molar-refractivity contribution < 1.29 is 9.53 Å². The number of hydrogen-bond acceptors (Lipinski definition) is 4. The Bertz CT molecular complexity index is 290. The van der Waals surface area contributed by atoms with Crippen LogP contribution in [0, 0.1) is 0 Å². The SMILES string of the molecule is CCCCCC(C)(NCCCN=[N+]=[N-])C(=O)OC. The van der Waals surface area contributed by atoms with Crippen molar-refractivity contribution in [2.45, 2.75) is 51.5 Å². The number of carbonyl (C=O) groups excluding carboxylic acids is 1. The Balaban J connectivity index is 4.19. The van der Waals surface area contributed by atoms with E-state index in [0.29, 0.717) is 19.5 Å². The molecule has 1 unspecified atom stereocenters. The van der Waals surface area contributed by atoms with Gasteiger partial charge in [-0.1, -0.05) is 31.3 Å². The third kappa shape index (κ3) is 6.47. The zero-order chi connectivity index (χ0) is 13.9. The third-order valence-electron chi connectivity index (χ3n) is 2.93. The molecule has 0 aromatic rings. The van der Waals surface area contributed by atoms with Crippen molar-refractivity contribution >= 4 is 5.97 Å². The number of nitrogens with zero attached hydrogens (tertiary/aromatic N) is 3. The number of nitrogens with one attached hydrogen (secondary N) is 1. The molecule has 1 atom stereocenters. The lowest BCUT2D eigenvalue weighted by Crippen LogP contribution is -2.50. The van der Waals surface area contributed by atoms with Crippen molar-refractivity contribution in [3.8, 4) is 0 Å². The summed E-state index contributed by atoms with van der Waals surface area (Å²) in [5.74, 6) is -0.234. The molecule has 0 aromatic heterocycles. The van der Waals surface area contributed by atoms with Crippen molar-refractivity contribution in [1.29, 1.82) is 0 Å². The highest BCUT2D eigenvalue weighted by Gasteiger charge is 2.32. The van der Waals surface area contributed by atoms with Crippen LogP contribution in [0.1, 0.15) is 46.0 Å². The van der Waals surface area contributed by atoms with Crippen LogP contribution in [0.15, 0.2) is 5.11 Å². The Morgan fingerprint density at radius 2 is 2.17 bits per heavy atom. The van der Waals surface area contributed by atoms with Gasteiger partial charge >= 0.3 is 5.97 Å².